The van der Waals surface area contributed by atoms with Crippen LogP contribution in [0.5, 0.6) is 0 Å². The number of halogens is 2. The molecule has 3 saturated heterocycles. The Bertz CT molecular complexity index is 3430. The Morgan fingerprint density at radius 3 is 2.24 bits per heavy atom. The van der Waals surface area contributed by atoms with Crippen LogP contribution in [0.15, 0.2) is 103 Å². The molecule has 9 N–H and O–H groups in total. The second-order valence-corrected chi connectivity index (χ2v) is 22.8. The van der Waals surface area contributed by atoms with Gasteiger partial charge in [0, 0.05) is 79.0 Å². The van der Waals surface area contributed by atoms with Crippen LogP contribution >= 0.6 is 7.60 Å². The summed E-state index contributed by atoms with van der Waals surface area (Å²) in [5.74, 6) is 1.16. The van der Waals surface area contributed by atoms with Gasteiger partial charge in [0.1, 0.15) is 29.9 Å². The van der Waals surface area contributed by atoms with Gasteiger partial charge in [-0.05, 0) is 98.0 Å². The third-order valence-electron chi connectivity index (χ3n) is 15.5. The highest BCUT2D eigenvalue weighted by atomic mass is 31.2. The van der Waals surface area contributed by atoms with Crippen LogP contribution in [0, 0.1) is 11.8 Å². The molecule has 83 heavy (non-hydrogen) atoms. The molecule has 0 spiro atoms. The number of hydrogen-bond acceptors (Lipinski definition) is 10. The van der Waals surface area contributed by atoms with Crippen molar-refractivity contribution in [2.24, 2.45) is 5.73 Å². The molecular weight excluding hydrogens is 1100 g/mol. The number of carbonyl (C=O) groups is 9. The Kier molecular flexibility index (Phi) is 18.0. The molecule has 5 heterocycles. The lowest BCUT2D eigenvalue weighted by molar-refractivity contribution is -0.145. The molecule has 0 bridgehead atoms. The molecule has 0 saturated carbocycles. The number of alkyl halides is 2. The maximum atomic E-state index is 15.0. The predicted molar refractivity (Wildman–Crippen MR) is 296 cm³/mol. The van der Waals surface area contributed by atoms with E-state index in [1.54, 1.807) is 12.1 Å². The number of nitrogens with one attached hydrogen (secondary N) is 5. The van der Waals surface area contributed by atoms with Gasteiger partial charge in [0.15, 0.2) is 0 Å². The Hall–Kier alpha value is -8.58. The highest BCUT2D eigenvalue weighted by molar-refractivity contribution is 7.52. The molecule has 0 radical (unpaired) electrons. The number of aromatic nitrogens is 1. The number of carbonyl (C=O) groups excluding carboxylic acids is 9. The van der Waals surface area contributed by atoms with E-state index in [1.165, 1.54) is 20.8 Å². The Morgan fingerprint density at radius 1 is 0.831 bits per heavy atom. The number of piperidine rings is 1. The van der Waals surface area contributed by atoms with Gasteiger partial charge >= 0.3 is 13.3 Å². The molecule has 9 rings (SSSR count). The Morgan fingerprint density at radius 2 is 1.55 bits per heavy atom. The van der Waals surface area contributed by atoms with Crippen LogP contribution in [-0.4, -0.2) is 126 Å². The number of rotatable bonds is 19. The van der Waals surface area contributed by atoms with Gasteiger partial charge in [-0.25, -0.2) is 0 Å². The summed E-state index contributed by atoms with van der Waals surface area (Å²) in [6.07, 6.45) is 2.95. The lowest BCUT2D eigenvalue weighted by Gasteiger charge is -2.39. The maximum Gasteiger partial charge on any atom is 0.399 e. The molecule has 5 atom stereocenters. The van der Waals surface area contributed by atoms with Crippen molar-refractivity contribution in [2.75, 3.05) is 13.1 Å². The molecule has 4 aliphatic rings. The fourth-order valence-electron chi connectivity index (χ4n) is 11.2. The summed E-state index contributed by atoms with van der Waals surface area (Å²) in [5, 5.41) is 10.8. The SMILES string of the molecule is NC(=O)CCC(NC(=O)[C@@H]1CC[C@@H]2CCN(C(=O)CCCCCC#Cc3ccc4c(c3)CN(C3CCC(=O)NC3=O)C4=O)C[C@H](NC(=O)c3cc4cc(C(F)(F)P(=O)(O)O)ccc4[nH]3)C(=O)N21)C(=O)NC(c1ccccc1)c1ccccc1. The van der Waals surface area contributed by atoms with Crippen LogP contribution in [0.1, 0.15) is 132 Å². The first-order chi connectivity index (χ1) is 39.7. The second-order valence-electron chi connectivity index (χ2n) is 21.2. The van der Waals surface area contributed by atoms with Crippen molar-refractivity contribution in [2.45, 2.75) is 126 Å². The van der Waals surface area contributed by atoms with E-state index in [9.17, 15) is 61.5 Å². The monoisotopic (exact) mass is 1160 g/mol. The van der Waals surface area contributed by atoms with Crippen molar-refractivity contribution in [1.29, 1.82) is 0 Å². The van der Waals surface area contributed by atoms with Crippen molar-refractivity contribution in [3.63, 3.8) is 0 Å². The largest absolute Gasteiger partial charge is 0.399 e. The smallest absolute Gasteiger partial charge is 0.370 e. The predicted octanol–water partition coefficient (Wildman–Crippen LogP) is 4.50. The van der Waals surface area contributed by atoms with Gasteiger partial charge in [-0.3, -0.25) is 53.0 Å². The van der Waals surface area contributed by atoms with Crippen molar-refractivity contribution in [3.8, 4) is 11.8 Å². The van der Waals surface area contributed by atoms with Gasteiger partial charge in [-0.2, -0.15) is 8.78 Å². The second kappa shape index (κ2) is 25.3. The number of imide groups is 1. The van der Waals surface area contributed by atoms with Crippen molar-refractivity contribution < 1.29 is 66.3 Å². The first-order valence-corrected chi connectivity index (χ1v) is 29.0. The van der Waals surface area contributed by atoms with Crippen molar-refractivity contribution >= 4 is 71.7 Å². The van der Waals surface area contributed by atoms with Gasteiger partial charge in [0.05, 0.1) is 6.04 Å². The first kappa shape index (κ1) is 59.1. The summed E-state index contributed by atoms with van der Waals surface area (Å²) in [4.78, 5) is 147. The zero-order chi connectivity index (χ0) is 59.2. The van der Waals surface area contributed by atoms with E-state index in [0.29, 0.717) is 43.2 Å². The summed E-state index contributed by atoms with van der Waals surface area (Å²) in [5.41, 5.74) is 3.32. The maximum absolute atomic E-state index is 15.0. The van der Waals surface area contributed by atoms with Gasteiger partial charge in [-0.15, -0.1) is 0 Å². The van der Waals surface area contributed by atoms with Gasteiger partial charge in [-0.1, -0.05) is 85.0 Å². The topological polar surface area (TPSA) is 311 Å². The number of unbranched alkanes of at least 4 members (excludes halogenated alkanes) is 3. The number of benzene rings is 4. The van der Waals surface area contributed by atoms with E-state index in [1.807, 2.05) is 66.7 Å². The quantitative estimate of drug-likeness (QED) is 0.0245. The Balaban J connectivity index is 0.878. The summed E-state index contributed by atoms with van der Waals surface area (Å²) in [6, 6.07) is 21.5. The number of nitrogens with zero attached hydrogens (tertiary/aromatic N) is 3. The number of H-pyrrole nitrogens is 1. The van der Waals surface area contributed by atoms with Crippen molar-refractivity contribution in [3.05, 3.63) is 142 Å². The average molecular weight is 1160 g/mol. The van der Waals surface area contributed by atoms with Crippen LogP contribution < -0.4 is 27.0 Å². The lowest BCUT2D eigenvalue weighted by atomic mass is 9.98. The number of fused-ring (bicyclic) bond motifs is 3. The third kappa shape index (κ3) is 13.5. The molecule has 3 fully saturated rings. The van der Waals surface area contributed by atoms with E-state index in [0.717, 1.165) is 34.9 Å². The summed E-state index contributed by atoms with van der Waals surface area (Å²) >= 11 is 0. The molecule has 21 nitrogen and oxygen atoms in total. The summed E-state index contributed by atoms with van der Waals surface area (Å²) in [7, 11) is -5.93. The standard InChI is InChI=1S/C59H62F2N9O12P/c60-59(61,83(80,81)82)40-19-22-43-38(31-40)32-45(63-43)54(75)65-46-34-68(51(73)17-11-3-1-2-6-12-35-18-21-42-39(30-35)33-69(57(42)78)47-25-27-50(72)66-55(47)76)29-28-41-20-24-48(70(41)58(46)79)56(77)64-44(23-26-49(62)71)53(74)67-52(36-13-7-4-8-14-36)37-15-9-5-10-16-37/h4-5,7-10,13-16,18-19,21-22,30-32,41,44,46-48,52,63H,1-3,11,17,20,23-29,33-34H2,(H2,62,71)(H,64,77)(H,65,75)(H,67,74)(H,66,72,76)(H2,80,81,82)/t41-,44?,46+,47?,48+/m1/s1. The molecule has 1 aromatic heterocycles. The fourth-order valence-corrected chi connectivity index (χ4v) is 11.6. The number of primary amides is 1. The molecule has 2 unspecified atom stereocenters. The molecule has 0 aliphatic carbocycles. The highest BCUT2D eigenvalue weighted by Gasteiger charge is 2.51. The summed E-state index contributed by atoms with van der Waals surface area (Å²) in [6.45, 7) is 0.0213. The molecular formula is C59H62F2N9O12P. The minimum atomic E-state index is -5.93. The molecule has 4 aliphatic heterocycles. The zero-order valence-electron chi connectivity index (χ0n) is 45.0. The minimum Gasteiger partial charge on any atom is -0.370 e. The van der Waals surface area contributed by atoms with Gasteiger partial charge in [0.25, 0.3) is 11.8 Å². The van der Waals surface area contributed by atoms with Gasteiger partial charge in [0.2, 0.25) is 41.4 Å². The number of aromatic amines is 1. The van der Waals surface area contributed by atoms with E-state index >= 15 is 4.79 Å². The highest BCUT2D eigenvalue weighted by Crippen LogP contribution is 2.59. The number of hydrogen-bond donors (Lipinski definition) is 8. The normalized spacial score (nSPS) is 19.5. The van der Waals surface area contributed by atoms with E-state index in [-0.39, 0.29) is 98.9 Å². The fraction of sp³-hybridized carbons (Fsp3) is 0.373. The van der Waals surface area contributed by atoms with E-state index in [2.05, 4.69) is 38.1 Å². The van der Waals surface area contributed by atoms with Crippen LogP contribution in [0.4, 0.5) is 8.78 Å². The molecule has 5 aromatic rings. The summed E-state index contributed by atoms with van der Waals surface area (Å²) < 4.78 is 41.1. The number of amides is 9. The van der Waals surface area contributed by atoms with E-state index < -0.39 is 90.5 Å². The van der Waals surface area contributed by atoms with Crippen LogP contribution in [-0.2, 0) is 50.3 Å². The zero-order valence-corrected chi connectivity index (χ0v) is 45.9. The molecule has 9 amide bonds. The van der Waals surface area contributed by atoms with Crippen LogP contribution in [0.2, 0.25) is 0 Å². The molecule has 24 heteroatoms. The van der Waals surface area contributed by atoms with Crippen molar-refractivity contribution in [1.82, 2.24) is 41.0 Å². The van der Waals surface area contributed by atoms with Crippen LogP contribution in [0.25, 0.3) is 10.9 Å². The first-order valence-electron chi connectivity index (χ1n) is 27.4. The lowest BCUT2D eigenvalue weighted by Crippen LogP contribution is -2.62. The van der Waals surface area contributed by atoms with Gasteiger partial charge < -0.3 is 51.2 Å². The molecule has 4 aromatic carbocycles. The minimum absolute atomic E-state index is 0.00121. The van der Waals surface area contributed by atoms with E-state index in [4.69, 9.17) is 5.73 Å². The average Bonchev–Trinajstić information content (AvgIpc) is 4.42. The molecule has 434 valence electrons. The third-order valence-corrected chi connectivity index (χ3v) is 16.5. The number of nitrogens with two attached hydrogens (primary N) is 1. The Labute approximate surface area is 475 Å². The van der Waals surface area contributed by atoms with Crippen LogP contribution in [0.3, 0.4) is 0 Å².